The molecule has 3 N–H and O–H groups in total. The summed E-state index contributed by atoms with van der Waals surface area (Å²) in [5, 5.41) is 0. The predicted molar refractivity (Wildman–Crippen MR) is 41.9 cm³/mol. The first kappa shape index (κ1) is 9.44. The molecule has 1 fully saturated rings. The summed E-state index contributed by atoms with van der Waals surface area (Å²) in [7, 11) is 0. The molecule has 0 aromatic carbocycles. The third kappa shape index (κ3) is 3.17. The molecule has 0 radical (unpaired) electrons. The van der Waals surface area contributed by atoms with Gasteiger partial charge in [-0.1, -0.05) is 0 Å². The van der Waals surface area contributed by atoms with Crippen LogP contribution in [0.3, 0.4) is 0 Å². The number of carbonyl (C=O) groups excluding carboxylic acids is 1. The van der Waals surface area contributed by atoms with E-state index < -0.39 is 0 Å². The van der Waals surface area contributed by atoms with Gasteiger partial charge in [-0.25, -0.2) is 5.84 Å². The fourth-order valence-corrected chi connectivity index (χ4v) is 1.05. The van der Waals surface area contributed by atoms with E-state index in [0.29, 0.717) is 0 Å². The highest BCUT2D eigenvalue weighted by Crippen LogP contribution is 2.12. The maximum Gasteiger partial charge on any atom is 0.259 e. The van der Waals surface area contributed by atoms with Crippen molar-refractivity contribution in [1.82, 2.24) is 5.43 Å². The minimum Gasteiger partial charge on any atom is -0.353 e. The van der Waals surface area contributed by atoms with E-state index in [-0.39, 0.29) is 18.8 Å². The molecule has 0 spiro atoms. The van der Waals surface area contributed by atoms with Gasteiger partial charge in [0.05, 0.1) is 0 Å². The highest BCUT2D eigenvalue weighted by molar-refractivity contribution is 5.76. The first-order chi connectivity index (χ1) is 5.83. The molecule has 5 nitrogen and oxygen atoms in total. The zero-order chi connectivity index (χ0) is 8.81. The Hall–Kier alpha value is -0.650. The molecule has 12 heavy (non-hydrogen) atoms. The summed E-state index contributed by atoms with van der Waals surface area (Å²) in [5.41, 5.74) is 1.99. The normalized spacial score (nSPS) is 23.6. The third-order valence-electron chi connectivity index (χ3n) is 1.70. The molecule has 0 aromatic rings. The van der Waals surface area contributed by atoms with Crippen molar-refractivity contribution in [3.8, 4) is 0 Å². The van der Waals surface area contributed by atoms with Gasteiger partial charge in [-0.15, -0.1) is 0 Å². The number of hydrogen-bond donors (Lipinski definition) is 2. The van der Waals surface area contributed by atoms with Gasteiger partial charge in [0.25, 0.3) is 5.91 Å². The Bertz CT molecular complexity index is 146. The molecule has 1 unspecified atom stereocenters. The van der Waals surface area contributed by atoms with Crippen LogP contribution in [-0.2, 0) is 14.3 Å². The Morgan fingerprint density at radius 1 is 1.67 bits per heavy atom. The van der Waals surface area contributed by atoms with Crippen LogP contribution in [0.4, 0.5) is 0 Å². The van der Waals surface area contributed by atoms with Gasteiger partial charge in [0.15, 0.2) is 6.29 Å². The first-order valence-corrected chi connectivity index (χ1v) is 4.05. The smallest absolute Gasteiger partial charge is 0.259 e. The third-order valence-corrected chi connectivity index (χ3v) is 1.70. The van der Waals surface area contributed by atoms with E-state index in [2.05, 4.69) is 0 Å². The van der Waals surface area contributed by atoms with Gasteiger partial charge in [-0.05, 0) is 19.3 Å². The zero-order valence-corrected chi connectivity index (χ0v) is 6.91. The van der Waals surface area contributed by atoms with E-state index in [9.17, 15) is 4.79 Å². The number of ether oxygens (including phenoxy) is 2. The van der Waals surface area contributed by atoms with Crippen molar-refractivity contribution in [2.75, 3.05) is 13.2 Å². The van der Waals surface area contributed by atoms with E-state index in [1.54, 1.807) is 0 Å². The molecule has 0 bridgehead atoms. The van der Waals surface area contributed by atoms with Gasteiger partial charge in [-0.3, -0.25) is 10.2 Å². The van der Waals surface area contributed by atoms with E-state index in [1.165, 1.54) is 0 Å². The lowest BCUT2D eigenvalue weighted by Gasteiger charge is -2.22. The van der Waals surface area contributed by atoms with Crippen LogP contribution >= 0.6 is 0 Å². The summed E-state index contributed by atoms with van der Waals surface area (Å²) in [6, 6.07) is 0. The van der Waals surface area contributed by atoms with Crippen molar-refractivity contribution in [1.29, 1.82) is 0 Å². The summed E-state index contributed by atoms with van der Waals surface area (Å²) >= 11 is 0. The average molecular weight is 174 g/mol. The predicted octanol–water partition coefficient (Wildman–Crippen LogP) is -0.481. The number of rotatable bonds is 3. The van der Waals surface area contributed by atoms with Gasteiger partial charge in [0, 0.05) is 6.61 Å². The number of carbonyl (C=O) groups is 1. The van der Waals surface area contributed by atoms with Crippen molar-refractivity contribution in [3.05, 3.63) is 0 Å². The largest absolute Gasteiger partial charge is 0.353 e. The van der Waals surface area contributed by atoms with Crippen LogP contribution in [0.15, 0.2) is 0 Å². The highest BCUT2D eigenvalue weighted by atomic mass is 16.7. The lowest BCUT2D eigenvalue weighted by atomic mass is 10.2. The van der Waals surface area contributed by atoms with Crippen LogP contribution in [0.1, 0.15) is 19.3 Å². The van der Waals surface area contributed by atoms with Crippen LogP contribution < -0.4 is 11.3 Å². The Balaban J connectivity index is 2.09. The molecule has 1 atom stereocenters. The van der Waals surface area contributed by atoms with E-state index in [4.69, 9.17) is 15.3 Å². The van der Waals surface area contributed by atoms with Crippen LogP contribution in [0.5, 0.6) is 0 Å². The zero-order valence-electron chi connectivity index (χ0n) is 6.91. The van der Waals surface area contributed by atoms with Gasteiger partial charge >= 0.3 is 0 Å². The number of amides is 1. The lowest BCUT2D eigenvalue weighted by Crippen LogP contribution is -2.35. The summed E-state index contributed by atoms with van der Waals surface area (Å²) in [5.74, 6) is 4.54. The Kier molecular flexibility index (Phi) is 3.99. The maximum absolute atomic E-state index is 10.6. The molecule has 1 amide bonds. The Labute approximate surface area is 71.2 Å². The van der Waals surface area contributed by atoms with Crippen LogP contribution in [-0.4, -0.2) is 25.4 Å². The minimum atomic E-state index is -0.329. The van der Waals surface area contributed by atoms with Crippen LogP contribution in [0.25, 0.3) is 0 Å². The molecule has 0 aromatic heterocycles. The van der Waals surface area contributed by atoms with Gasteiger partial charge in [-0.2, -0.15) is 0 Å². The Morgan fingerprint density at radius 3 is 3.08 bits per heavy atom. The minimum absolute atomic E-state index is 0.0266. The van der Waals surface area contributed by atoms with Gasteiger partial charge in [0.1, 0.15) is 6.61 Å². The fourth-order valence-electron chi connectivity index (χ4n) is 1.05. The molecule has 0 saturated carbocycles. The van der Waals surface area contributed by atoms with Crippen molar-refractivity contribution in [3.63, 3.8) is 0 Å². The van der Waals surface area contributed by atoms with E-state index >= 15 is 0 Å². The van der Waals surface area contributed by atoms with E-state index in [1.807, 2.05) is 5.43 Å². The van der Waals surface area contributed by atoms with Gasteiger partial charge < -0.3 is 9.47 Å². The molecular formula is C7H14N2O3. The monoisotopic (exact) mass is 174 g/mol. The Morgan fingerprint density at radius 2 is 2.50 bits per heavy atom. The molecule has 1 saturated heterocycles. The molecule has 1 aliphatic rings. The summed E-state index contributed by atoms with van der Waals surface area (Å²) in [6.07, 6.45) is 2.80. The standard InChI is InChI=1S/C7H14N2O3/c8-9-6(10)5-12-7-3-1-2-4-11-7/h7H,1-5,8H2,(H,9,10). The number of nitrogens with two attached hydrogens (primary N) is 1. The summed E-state index contributed by atoms with van der Waals surface area (Å²) in [4.78, 5) is 10.6. The molecular weight excluding hydrogens is 160 g/mol. The molecule has 70 valence electrons. The molecule has 1 heterocycles. The molecule has 0 aliphatic carbocycles. The second-order valence-electron chi connectivity index (χ2n) is 2.67. The summed E-state index contributed by atoms with van der Waals surface area (Å²) in [6.45, 7) is 0.691. The summed E-state index contributed by atoms with van der Waals surface area (Å²) < 4.78 is 10.4. The number of hydrogen-bond acceptors (Lipinski definition) is 4. The van der Waals surface area contributed by atoms with E-state index in [0.717, 1.165) is 25.9 Å². The molecule has 5 heteroatoms. The fraction of sp³-hybridized carbons (Fsp3) is 0.857. The second kappa shape index (κ2) is 5.08. The topological polar surface area (TPSA) is 73.6 Å². The molecule has 1 aliphatic heterocycles. The quantitative estimate of drug-likeness (QED) is 0.344. The van der Waals surface area contributed by atoms with Crippen LogP contribution in [0, 0.1) is 0 Å². The lowest BCUT2D eigenvalue weighted by molar-refractivity contribution is -0.170. The SMILES string of the molecule is NNC(=O)COC1CCCCO1. The second-order valence-corrected chi connectivity index (χ2v) is 2.67. The number of nitrogens with one attached hydrogen (secondary N) is 1. The van der Waals surface area contributed by atoms with Crippen molar-refractivity contribution >= 4 is 5.91 Å². The first-order valence-electron chi connectivity index (χ1n) is 4.05. The van der Waals surface area contributed by atoms with Crippen molar-refractivity contribution in [2.45, 2.75) is 25.6 Å². The van der Waals surface area contributed by atoms with Crippen LogP contribution in [0.2, 0.25) is 0 Å². The average Bonchev–Trinajstić information content (AvgIpc) is 2.16. The molecule has 1 rings (SSSR count). The number of hydrazine groups is 1. The highest BCUT2D eigenvalue weighted by Gasteiger charge is 2.14. The van der Waals surface area contributed by atoms with Gasteiger partial charge in [0.2, 0.25) is 0 Å². The van der Waals surface area contributed by atoms with Crippen molar-refractivity contribution < 1.29 is 14.3 Å². The van der Waals surface area contributed by atoms with Crippen molar-refractivity contribution in [2.24, 2.45) is 5.84 Å². The maximum atomic E-state index is 10.6.